The third-order valence-electron chi connectivity index (χ3n) is 0.730. The third-order valence-corrected chi connectivity index (χ3v) is 0.730. The van der Waals surface area contributed by atoms with Crippen molar-refractivity contribution in [3.8, 4) is 0 Å². The van der Waals surface area contributed by atoms with Crippen LogP contribution in [-0.2, 0) is 14.4 Å². The Kier molecular flexibility index (Phi) is 3.55. The molecule has 0 spiro atoms. The highest BCUT2D eigenvalue weighted by Gasteiger charge is 2.17. The molecule has 10 heavy (non-hydrogen) atoms. The van der Waals surface area contributed by atoms with E-state index in [1.165, 1.54) is 0 Å². The number of rotatable bonds is 4. The Hall–Kier alpha value is -0.980. The molecule has 1 atom stereocenters. The number of carbonyl (C=O) groups is 2. The summed E-state index contributed by atoms with van der Waals surface area (Å²) in [5.41, 5.74) is 0. The fourth-order valence-electron chi connectivity index (χ4n) is 0.312. The van der Waals surface area contributed by atoms with Gasteiger partial charge in [0.2, 0.25) is 12.1 Å². The molecule has 0 saturated heterocycles. The standard InChI is InChI=1S/C4H7NO5/c5-10-4(9)2(6)1-3(7)8/h4,9H,1,5H2,(H,7,8). The summed E-state index contributed by atoms with van der Waals surface area (Å²) < 4.78 is 0. The molecule has 6 nitrogen and oxygen atoms in total. The maximum atomic E-state index is 10.3. The van der Waals surface area contributed by atoms with Crippen molar-refractivity contribution in [1.29, 1.82) is 0 Å². The molecule has 6 heteroatoms. The van der Waals surface area contributed by atoms with Gasteiger partial charge in [-0.2, -0.15) is 0 Å². The first kappa shape index (κ1) is 9.02. The molecule has 58 valence electrons. The molecule has 0 aromatic heterocycles. The Bertz CT molecular complexity index is 145. The molecule has 0 amide bonds. The molecule has 0 fully saturated rings. The highest BCUT2D eigenvalue weighted by atomic mass is 16.7. The van der Waals surface area contributed by atoms with Gasteiger partial charge < -0.3 is 10.2 Å². The minimum absolute atomic E-state index is 0.793. The van der Waals surface area contributed by atoms with E-state index in [0.717, 1.165) is 0 Å². The Morgan fingerprint density at radius 2 is 2.10 bits per heavy atom. The Balaban J connectivity index is 3.73. The Morgan fingerprint density at radius 1 is 1.60 bits per heavy atom. The molecule has 0 aromatic rings. The summed E-state index contributed by atoms with van der Waals surface area (Å²) >= 11 is 0. The second-order valence-corrected chi connectivity index (χ2v) is 1.53. The van der Waals surface area contributed by atoms with Gasteiger partial charge >= 0.3 is 5.97 Å². The molecule has 0 aliphatic rings. The number of carbonyl (C=O) groups excluding carboxylic acids is 1. The normalized spacial score (nSPS) is 12.6. The molecule has 0 saturated carbocycles. The van der Waals surface area contributed by atoms with E-state index in [4.69, 9.17) is 10.2 Å². The summed E-state index contributed by atoms with van der Waals surface area (Å²) in [5, 5.41) is 16.4. The van der Waals surface area contributed by atoms with Crippen LogP contribution in [0.25, 0.3) is 0 Å². The van der Waals surface area contributed by atoms with E-state index in [1.54, 1.807) is 0 Å². The molecule has 0 bridgehead atoms. The highest BCUT2D eigenvalue weighted by Crippen LogP contribution is 1.89. The summed E-state index contributed by atoms with van der Waals surface area (Å²) in [6.45, 7) is 0. The summed E-state index contributed by atoms with van der Waals surface area (Å²) in [4.78, 5) is 23.8. The average Bonchev–Trinajstić information content (AvgIpc) is 1.85. The van der Waals surface area contributed by atoms with Crippen molar-refractivity contribution in [2.45, 2.75) is 12.7 Å². The van der Waals surface area contributed by atoms with Gasteiger partial charge in [0.05, 0.1) is 0 Å². The first-order valence-electron chi connectivity index (χ1n) is 2.36. The average molecular weight is 149 g/mol. The topological polar surface area (TPSA) is 110 Å². The van der Waals surface area contributed by atoms with Crippen molar-refractivity contribution < 1.29 is 24.6 Å². The molecule has 0 radical (unpaired) electrons. The Labute approximate surface area is 56.2 Å². The van der Waals surface area contributed by atoms with Crippen LogP contribution in [0.15, 0.2) is 0 Å². The van der Waals surface area contributed by atoms with Gasteiger partial charge in [0.25, 0.3) is 0 Å². The number of ketones is 1. The van der Waals surface area contributed by atoms with Crippen LogP contribution in [0.3, 0.4) is 0 Å². The number of aliphatic hydroxyl groups is 1. The number of nitrogens with two attached hydrogens (primary N) is 1. The number of aliphatic carboxylic acids is 1. The van der Waals surface area contributed by atoms with E-state index in [-0.39, 0.29) is 0 Å². The summed E-state index contributed by atoms with van der Waals surface area (Å²) in [7, 11) is 0. The summed E-state index contributed by atoms with van der Waals surface area (Å²) in [6, 6.07) is 0. The molecular weight excluding hydrogens is 142 g/mol. The van der Waals surface area contributed by atoms with Gasteiger partial charge in [0.1, 0.15) is 6.42 Å². The monoisotopic (exact) mass is 149 g/mol. The van der Waals surface area contributed by atoms with Gasteiger partial charge in [-0.05, 0) is 0 Å². The maximum Gasteiger partial charge on any atom is 0.311 e. The maximum absolute atomic E-state index is 10.3. The van der Waals surface area contributed by atoms with Crippen molar-refractivity contribution in [2.75, 3.05) is 0 Å². The van der Waals surface area contributed by atoms with E-state index >= 15 is 0 Å². The van der Waals surface area contributed by atoms with Gasteiger partial charge in [0.15, 0.2) is 0 Å². The molecule has 1 unspecified atom stereocenters. The van der Waals surface area contributed by atoms with Crippen molar-refractivity contribution >= 4 is 11.8 Å². The molecule has 0 heterocycles. The quantitative estimate of drug-likeness (QED) is 0.248. The number of carboxylic acid groups (broad SMARTS) is 1. The second kappa shape index (κ2) is 3.94. The van der Waals surface area contributed by atoms with Crippen LogP contribution >= 0.6 is 0 Å². The lowest BCUT2D eigenvalue weighted by Crippen LogP contribution is -2.28. The molecular formula is C4H7NO5. The fourth-order valence-corrected chi connectivity index (χ4v) is 0.312. The lowest BCUT2D eigenvalue weighted by atomic mass is 10.3. The lowest BCUT2D eigenvalue weighted by Gasteiger charge is -2.02. The minimum Gasteiger partial charge on any atom is -0.481 e. The van der Waals surface area contributed by atoms with E-state index in [2.05, 4.69) is 10.7 Å². The molecule has 0 rings (SSSR count). The first-order valence-corrected chi connectivity index (χ1v) is 2.36. The first-order chi connectivity index (χ1) is 4.57. The van der Waals surface area contributed by atoms with Crippen LogP contribution < -0.4 is 5.90 Å². The zero-order valence-corrected chi connectivity index (χ0v) is 4.98. The van der Waals surface area contributed by atoms with Crippen LogP contribution in [0.4, 0.5) is 0 Å². The smallest absolute Gasteiger partial charge is 0.311 e. The zero-order valence-electron chi connectivity index (χ0n) is 4.98. The number of hydrogen-bond donors (Lipinski definition) is 3. The lowest BCUT2D eigenvalue weighted by molar-refractivity contribution is -0.160. The fraction of sp³-hybridized carbons (Fsp3) is 0.500. The summed E-state index contributed by atoms with van der Waals surface area (Å²) in [6.07, 6.45) is -2.63. The number of aliphatic hydroxyl groups excluding tert-OH is 1. The largest absolute Gasteiger partial charge is 0.481 e. The minimum atomic E-state index is -1.84. The highest BCUT2D eigenvalue weighted by molar-refractivity contribution is 5.96. The van der Waals surface area contributed by atoms with Gasteiger partial charge in [-0.3, -0.25) is 14.4 Å². The predicted octanol–water partition coefficient (Wildman–Crippen LogP) is -1.76. The summed E-state index contributed by atoms with van der Waals surface area (Å²) in [5.74, 6) is 2.08. The zero-order chi connectivity index (χ0) is 8.15. The predicted molar refractivity (Wildman–Crippen MR) is 28.5 cm³/mol. The number of carboxylic acids is 1. The van der Waals surface area contributed by atoms with E-state index < -0.39 is 24.5 Å². The van der Waals surface area contributed by atoms with Crippen LogP contribution in [0.5, 0.6) is 0 Å². The Morgan fingerprint density at radius 3 is 2.40 bits per heavy atom. The van der Waals surface area contributed by atoms with E-state index in [1.807, 2.05) is 0 Å². The van der Waals surface area contributed by atoms with Crippen molar-refractivity contribution in [1.82, 2.24) is 0 Å². The molecule has 0 aliphatic heterocycles. The number of Topliss-reactive ketones (excluding diaryl/α,β-unsaturated/α-hetero) is 1. The van der Waals surface area contributed by atoms with Gasteiger partial charge in [0, 0.05) is 0 Å². The van der Waals surface area contributed by atoms with Gasteiger partial charge in [-0.1, -0.05) is 0 Å². The van der Waals surface area contributed by atoms with Gasteiger partial charge in [-0.25, -0.2) is 5.90 Å². The van der Waals surface area contributed by atoms with Crippen molar-refractivity contribution in [2.24, 2.45) is 5.90 Å². The third kappa shape index (κ3) is 3.13. The van der Waals surface area contributed by atoms with Gasteiger partial charge in [-0.15, -0.1) is 0 Å². The molecule has 0 aliphatic carbocycles. The molecule has 0 aromatic carbocycles. The van der Waals surface area contributed by atoms with Crippen molar-refractivity contribution in [3.63, 3.8) is 0 Å². The number of hydrogen-bond acceptors (Lipinski definition) is 5. The van der Waals surface area contributed by atoms with Crippen LogP contribution in [0.2, 0.25) is 0 Å². The van der Waals surface area contributed by atoms with Crippen LogP contribution in [0.1, 0.15) is 6.42 Å². The SMILES string of the molecule is NOC(O)C(=O)CC(=O)O. The second-order valence-electron chi connectivity index (χ2n) is 1.53. The van der Waals surface area contributed by atoms with E-state index in [0.29, 0.717) is 0 Å². The van der Waals surface area contributed by atoms with Crippen molar-refractivity contribution in [3.05, 3.63) is 0 Å². The van der Waals surface area contributed by atoms with E-state index in [9.17, 15) is 9.59 Å². The van der Waals surface area contributed by atoms with Crippen LogP contribution in [-0.4, -0.2) is 28.3 Å². The molecule has 4 N–H and O–H groups in total. The van der Waals surface area contributed by atoms with Crippen LogP contribution in [0, 0.1) is 0 Å².